The van der Waals surface area contributed by atoms with Gasteiger partial charge in [-0.2, -0.15) is 0 Å². The summed E-state index contributed by atoms with van der Waals surface area (Å²) in [6.45, 7) is 14.1. The highest BCUT2D eigenvalue weighted by Crippen LogP contribution is 2.34. The highest BCUT2D eigenvalue weighted by molar-refractivity contribution is 5.86. The highest BCUT2D eigenvalue weighted by atomic mass is 16.5. The largest absolute Gasteiger partial charge is 0.481 e. The molecule has 2 N–H and O–H groups in total. The number of carbonyl (C=O) groups is 1. The van der Waals surface area contributed by atoms with Crippen molar-refractivity contribution in [2.24, 2.45) is 0 Å². The number of fused-ring (bicyclic) bond motifs is 2. The lowest BCUT2D eigenvalue weighted by atomic mass is 10.1. The van der Waals surface area contributed by atoms with E-state index in [0.717, 1.165) is 56.5 Å². The number of aliphatic hydroxyl groups is 1. The Hall–Kier alpha value is -5.29. The molecule has 1 atom stereocenters. The molecule has 11 heteroatoms. The summed E-state index contributed by atoms with van der Waals surface area (Å²) in [6.07, 6.45) is 0.0297. The van der Waals surface area contributed by atoms with E-state index in [1.54, 1.807) is 0 Å². The smallest absolute Gasteiger partial charge is 0.305 e. The number of rotatable bonds is 9. The van der Waals surface area contributed by atoms with Crippen LogP contribution in [0.2, 0.25) is 0 Å². The molecule has 0 radical (unpaired) electrons. The molecule has 1 unspecified atom stereocenters. The van der Waals surface area contributed by atoms with Crippen molar-refractivity contribution in [1.29, 1.82) is 0 Å². The van der Waals surface area contributed by atoms with Gasteiger partial charge >= 0.3 is 5.97 Å². The Morgan fingerprint density at radius 1 is 0.723 bits per heavy atom. The Balaban J connectivity index is 0.000000186. The van der Waals surface area contributed by atoms with Crippen LogP contribution in [0.1, 0.15) is 53.5 Å². The van der Waals surface area contributed by atoms with Crippen molar-refractivity contribution in [3.05, 3.63) is 94.8 Å². The van der Waals surface area contributed by atoms with Gasteiger partial charge in [-0.05, 0) is 83.9 Å². The molecule has 0 bridgehead atoms. The van der Waals surface area contributed by atoms with E-state index >= 15 is 0 Å². The summed E-state index contributed by atoms with van der Waals surface area (Å²) in [4.78, 5) is 29.5. The third-order valence-corrected chi connectivity index (χ3v) is 8.14. The van der Waals surface area contributed by atoms with Crippen LogP contribution in [-0.2, 0) is 11.3 Å². The molecule has 0 saturated carbocycles. The number of para-hydroxylation sites is 2. The quantitative estimate of drug-likeness (QED) is 0.167. The number of nitrogens with zero attached hydrogens (tertiary/aromatic N) is 6. The van der Waals surface area contributed by atoms with Gasteiger partial charge in [0.1, 0.15) is 23.1 Å². The van der Waals surface area contributed by atoms with Gasteiger partial charge in [0.25, 0.3) is 0 Å². The molecular formula is C36H40N6O5. The first-order valence-electron chi connectivity index (χ1n) is 15.5. The van der Waals surface area contributed by atoms with Crippen molar-refractivity contribution in [1.82, 2.24) is 29.1 Å². The lowest BCUT2D eigenvalue weighted by molar-refractivity contribution is -0.137. The van der Waals surface area contributed by atoms with Crippen molar-refractivity contribution in [3.63, 3.8) is 0 Å². The molecule has 4 aromatic heterocycles. The average Bonchev–Trinajstić information content (AvgIpc) is 3.57. The van der Waals surface area contributed by atoms with Crippen LogP contribution in [0.25, 0.3) is 22.1 Å². The predicted octanol–water partition coefficient (Wildman–Crippen LogP) is 7.33. The highest BCUT2D eigenvalue weighted by Gasteiger charge is 2.23. The second-order valence-corrected chi connectivity index (χ2v) is 11.5. The zero-order chi connectivity index (χ0) is 33.8. The van der Waals surface area contributed by atoms with E-state index in [0.29, 0.717) is 29.6 Å². The van der Waals surface area contributed by atoms with Gasteiger partial charge in [0.05, 0.1) is 24.1 Å². The summed E-state index contributed by atoms with van der Waals surface area (Å²) < 4.78 is 15.9. The van der Waals surface area contributed by atoms with Gasteiger partial charge in [0, 0.05) is 24.0 Å². The number of imidazole rings is 2. The zero-order valence-corrected chi connectivity index (χ0v) is 27.8. The van der Waals surface area contributed by atoms with Gasteiger partial charge in [-0.3, -0.25) is 4.79 Å². The lowest BCUT2D eigenvalue weighted by Crippen LogP contribution is -2.12. The number of pyridine rings is 2. The van der Waals surface area contributed by atoms with Crippen LogP contribution in [0.4, 0.5) is 0 Å². The maximum absolute atomic E-state index is 11.1. The molecule has 0 aliphatic rings. The fourth-order valence-corrected chi connectivity index (χ4v) is 5.67. The summed E-state index contributed by atoms with van der Waals surface area (Å²) in [6, 6.07) is 18.8. The topological polar surface area (TPSA) is 137 Å². The Morgan fingerprint density at radius 2 is 1.19 bits per heavy atom. The van der Waals surface area contributed by atoms with E-state index in [2.05, 4.69) is 19.9 Å². The molecule has 11 nitrogen and oxygen atoms in total. The normalized spacial score (nSPS) is 11.7. The number of aryl methyl sites for hydroxylation is 6. The van der Waals surface area contributed by atoms with Gasteiger partial charge in [-0.1, -0.05) is 36.4 Å². The number of ether oxygens (including phenoxy) is 2. The maximum Gasteiger partial charge on any atom is 0.305 e. The maximum atomic E-state index is 11.1. The van der Waals surface area contributed by atoms with Crippen LogP contribution in [0.3, 0.4) is 0 Å². The molecule has 0 fully saturated rings. The molecule has 0 saturated heterocycles. The third-order valence-electron chi connectivity index (χ3n) is 8.14. The van der Waals surface area contributed by atoms with Crippen molar-refractivity contribution in [2.75, 3.05) is 6.61 Å². The van der Waals surface area contributed by atoms with Crippen molar-refractivity contribution < 1.29 is 24.5 Å². The Kier molecular flexibility index (Phi) is 9.86. The molecule has 0 aliphatic carbocycles. The lowest BCUT2D eigenvalue weighted by Gasteiger charge is -2.16. The third kappa shape index (κ3) is 6.95. The van der Waals surface area contributed by atoms with E-state index < -0.39 is 5.97 Å². The first-order chi connectivity index (χ1) is 22.5. The zero-order valence-electron chi connectivity index (χ0n) is 27.8. The Bertz CT molecular complexity index is 2040. The van der Waals surface area contributed by atoms with Crippen LogP contribution in [0.15, 0.2) is 60.7 Å². The summed E-state index contributed by atoms with van der Waals surface area (Å²) in [7, 11) is 0. The number of carboxylic acids is 1. The van der Waals surface area contributed by atoms with Crippen molar-refractivity contribution in [2.45, 2.75) is 67.5 Å². The number of carboxylic acid groups (broad SMARTS) is 1. The Labute approximate surface area is 273 Å². The van der Waals surface area contributed by atoms with E-state index in [9.17, 15) is 9.90 Å². The fraction of sp³-hybridized carbons (Fsp3) is 0.306. The molecule has 0 amide bonds. The van der Waals surface area contributed by atoms with Gasteiger partial charge < -0.3 is 28.8 Å². The van der Waals surface area contributed by atoms with E-state index in [1.165, 1.54) is 0 Å². The molecule has 6 aromatic rings. The minimum atomic E-state index is -0.835. The minimum absolute atomic E-state index is 0.0297. The van der Waals surface area contributed by atoms with Crippen LogP contribution in [0.5, 0.6) is 23.3 Å². The van der Waals surface area contributed by atoms with Crippen LogP contribution < -0.4 is 9.47 Å². The molecule has 6 rings (SSSR count). The predicted molar refractivity (Wildman–Crippen MR) is 181 cm³/mol. The number of aliphatic hydroxyl groups excluding tert-OH is 1. The summed E-state index contributed by atoms with van der Waals surface area (Å²) >= 11 is 0. The van der Waals surface area contributed by atoms with Crippen molar-refractivity contribution >= 4 is 28.0 Å². The first kappa shape index (κ1) is 33.1. The number of aromatic nitrogens is 6. The summed E-state index contributed by atoms with van der Waals surface area (Å²) in [5.74, 6) is 3.12. The van der Waals surface area contributed by atoms with E-state index in [-0.39, 0.29) is 19.1 Å². The van der Waals surface area contributed by atoms with E-state index in [4.69, 9.17) is 14.6 Å². The number of hydrogen-bond acceptors (Lipinski definition) is 8. The van der Waals surface area contributed by atoms with Crippen LogP contribution in [-0.4, -0.2) is 51.9 Å². The monoisotopic (exact) mass is 636 g/mol. The molecule has 0 spiro atoms. The number of benzene rings is 2. The summed E-state index contributed by atoms with van der Waals surface area (Å²) in [5.41, 5.74) is 7.02. The number of hydrogen-bond donors (Lipinski definition) is 2. The first-order valence-corrected chi connectivity index (χ1v) is 15.5. The molecular weight excluding hydrogens is 596 g/mol. The number of aliphatic carboxylic acids is 1. The molecule has 2 aromatic carbocycles. The Morgan fingerprint density at radius 3 is 1.68 bits per heavy atom. The second kappa shape index (κ2) is 14.0. The van der Waals surface area contributed by atoms with Gasteiger partial charge in [0.15, 0.2) is 11.0 Å². The van der Waals surface area contributed by atoms with Gasteiger partial charge in [-0.25, -0.2) is 19.9 Å². The fourth-order valence-electron chi connectivity index (χ4n) is 5.67. The molecule has 0 aliphatic heterocycles. The molecule has 4 heterocycles. The van der Waals surface area contributed by atoms with Crippen molar-refractivity contribution in [3.8, 4) is 23.3 Å². The van der Waals surface area contributed by atoms with Gasteiger partial charge in [0.2, 0.25) is 11.8 Å². The second-order valence-electron chi connectivity index (χ2n) is 11.5. The minimum Gasteiger partial charge on any atom is -0.481 e. The standard InChI is InChI=1S/C19H21N3O3.C17H19N3O2/c1-11(10-16(23)24)22-14(4)21-17-18(22)12(2)13(3)20-19(17)25-15-8-6-5-7-9-15;1-11-12(2)18-17(22-14-7-5-4-6-8-14)15-16(11)20(9-10-21)13(3)19-15/h5-9,11H,10H2,1-4H3,(H,23,24);4-8,21H,9-10H2,1-3H3. The van der Waals surface area contributed by atoms with Gasteiger partial charge in [-0.15, -0.1) is 0 Å². The average molecular weight is 637 g/mol. The SMILES string of the molecule is Cc1nc(Oc2ccccc2)c2nc(C)n(C(C)CC(=O)O)c2c1C.Cc1nc(Oc2ccccc2)c2nc(C)n(CCO)c2c1C. The molecule has 47 heavy (non-hydrogen) atoms. The van der Waals surface area contributed by atoms with Crippen LogP contribution >= 0.6 is 0 Å². The molecule has 244 valence electrons. The summed E-state index contributed by atoms with van der Waals surface area (Å²) in [5, 5.41) is 18.4. The van der Waals surface area contributed by atoms with E-state index in [1.807, 2.05) is 118 Å². The van der Waals surface area contributed by atoms with Crippen LogP contribution in [0, 0.1) is 41.5 Å².